The number of urea groups is 1. The van der Waals surface area contributed by atoms with Crippen LogP contribution in [-0.4, -0.2) is 30.6 Å². The lowest BCUT2D eigenvalue weighted by molar-refractivity contribution is 0.156. The Morgan fingerprint density at radius 1 is 1.50 bits per heavy atom. The fourth-order valence-electron chi connectivity index (χ4n) is 1.80. The quantitative estimate of drug-likeness (QED) is 0.745. The molecule has 4 nitrogen and oxygen atoms in total. The van der Waals surface area contributed by atoms with E-state index in [0.29, 0.717) is 13.1 Å². The van der Waals surface area contributed by atoms with Crippen molar-refractivity contribution in [3.05, 3.63) is 0 Å². The molecule has 0 atom stereocenters. The number of carbonyl (C=O) groups is 1. The maximum Gasteiger partial charge on any atom is 0.317 e. The predicted molar refractivity (Wildman–Crippen MR) is 62.8 cm³/mol. The van der Waals surface area contributed by atoms with Crippen LogP contribution in [0.2, 0.25) is 0 Å². The molecule has 1 aliphatic rings. The van der Waals surface area contributed by atoms with Crippen LogP contribution in [0.5, 0.6) is 0 Å². The largest absolute Gasteiger partial charge is 0.338 e. The molecule has 0 spiro atoms. The molecular weight excluding hydrogens is 202 g/mol. The molecule has 4 heteroatoms. The fourth-order valence-corrected chi connectivity index (χ4v) is 1.80. The third kappa shape index (κ3) is 3.41. The highest BCUT2D eigenvalue weighted by Gasteiger charge is 2.31. The molecule has 1 N–H and O–H groups in total. The topological polar surface area (TPSA) is 56.1 Å². The van der Waals surface area contributed by atoms with E-state index in [2.05, 4.69) is 18.3 Å². The molecule has 0 unspecified atom stereocenters. The van der Waals surface area contributed by atoms with E-state index in [4.69, 9.17) is 5.26 Å². The summed E-state index contributed by atoms with van der Waals surface area (Å²) in [5.74, 6) is 0. The van der Waals surface area contributed by atoms with Crippen LogP contribution in [-0.2, 0) is 0 Å². The van der Waals surface area contributed by atoms with Crippen molar-refractivity contribution >= 4 is 6.03 Å². The van der Waals surface area contributed by atoms with E-state index in [9.17, 15) is 4.79 Å². The molecule has 0 aliphatic carbocycles. The molecule has 0 aromatic carbocycles. The number of rotatable bonds is 3. The van der Waals surface area contributed by atoms with Crippen molar-refractivity contribution in [2.75, 3.05) is 19.6 Å². The van der Waals surface area contributed by atoms with Crippen LogP contribution in [0.15, 0.2) is 0 Å². The first kappa shape index (κ1) is 12.8. The van der Waals surface area contributed by atoms with Gasteiger partial charge in [0.2, 0.25) is 0 Å². The van der Waals surface area contributed by atoms with Crippen molar-refractivity contribution in [2.24, 2.45) is 5.41 Å². The third-order valence-corrected chi connectivity index (χ3v) is 3.23. The number of hydrogen-bond acceptors (Lipinski definition) is 2. The Balaban J connectivity index is 2.31. The molecule has 2 amide bonds. The van der Waals surface area contributed by atoms with Gasteiger partial charge >= 0.3 is 6.03 Å². The molecule has 0 saturated carbocycles. The molecule has 0 bridgehead atoms. The second-order valence-corrected chi connectivity index (χ2v) is 4.74. The zero-order chi connectivity index (χ0) is 12.0. The number of likely N-dealkylation sites (tertiary alicyclic amines) is 1. The fraction of sp³-hybridized carbons (Fsp3) is 0.833. The Hall–Kier alpha value is -1.24. The average molecular weight is 223 g/mol. The molecular formula is C12H21N3O. The second-order valence-electron chi connectivity index (χ2n) is 4.74. The highest BCUT2D eigenvalue weighted by molar-refractivity contribution is 5.74. The summed E-state index contributed by atoms with van der Waals surface area (Å²) in [6.07, 6.45) is 3.68. The Labute approximate surface area is 97.6 Å². The summed E-state index contributed by atoms with van der Waals surface area (Å²) >= 11 is 0. The van der Waals surface area contributed by atoms with Crippen molar-refractivity contribution < 1.29 is 4.79 Å². The minimum absolute atomic E-state index is 0.0217. The molecule has 1 saturated heterocycles. The smallest absolute Gasteiger partial charge is 0.317 e. The molecule has 1 fully saturated rings. The van der Waals surface area contributed by atoms with Crippen LogP contribution in [0.1, 0.15) is 39.5 Å². The monoisotopic (exact) mass is 223 g/mol. The van der Waals surface area contributed by atoms with Crippen LogP contribution < -0.4 is 5.32 Å². The first-order valence-corrected chi connectivity index (χ1v) is 6.05. The minimum atomic E-state index is -0.236. The number of hydrogen-bond donors (Lipinski definition) is 1. The molecule has 0 radical (unpaired) electrons. The van der Waals surface area contributed by atoms with Crippen molar-refractivity contribution in [3.8, 4) is 6.07 Å². The van der Waals surface area contributed by atoms with Gasteiger partial charge in [-0.15, -0.1) is 0 Å². The van der Waals surface area contributed by atoms with E-state index in [1.165, 1.54) is 0 Å². The Bertz CT molecular complexity index is 274. The summed E-state index contributed by atoms with van der Waals surface area (Å²) in [6.45, 7) is 6.22. The zero-order valence-electron chi connectivity index (χ0n) is 10.3. The maximum absolute atomic E-state index is 11.7. The molecule has 1 heterocycles. The second kappa shape index (κ2) is 5.74. The van der Waals surface area contributed by atoms with Gasteiger partial charge < -0.3 is 10.2 Å². The van der Waals surface area contributed by atoms with Gasteiger partial charge in [-0.3, -0.25) is 0 Å². The van der Waals surface area contributed by atoms with E-state index in [1.54, 1.807) is 0 Å². The summed E-state index contributed by atoms with van der Waals surface area (Å²) in [6, 6.07) is 2.36. The minimum Gasteiger partial charge on any atom is -0.338 e. The van der Waals surface area contributed by atoms with Gasteiger partial charge in [-0.25, -0.2) is 4.79 Å². The highest BCUT2D eigenvalue weighted by atomic mass is 16.2. The summed E-state index contributed by atoms with van der Waals surface area (Å²) in [5.41, 5.74) is -0.236. The van der Waals surface area contributed by atoms with Crippen LogP contribution in [0.4, 0.5) is 4.79 Å². The summed E-state index contributed by atoms with van der Waals surface area (Å²) < 4.78 is 0. The number of nitrogens with zero attached hydrogens (tertiary/aromatic N) is 2. The van der Waals surface area contributed by atoms with E-state index in [-0.39, 0.29) is 11.4 Å². The van der Waals surface area contributed by atoms with Gasteiger partial charge in [-0.05, 0) is 26.2 Å². The third-order valence-electron chi connectivity index (χ3n) is 3.23. The van der Waals surface area contributed by atoms with Gasteiger partial charge in [0.25, 0.3) is 0 Å². The molecule has 1 rings (SSSR count). The predicted octanol–water partition coefficient (Wildman–Crippen LogP) is 2.12. The SMILES string of the molecule is CCCCNC(=O)N1CCC(C)(C#N)CC1. The van der Waals surface area contributed by atoms with Gasteiger partial charge in [-0.2, -0.15) is 5.26 Å². The number of nitrogens with one attached hydrogen (secondary N) is 1. The van der Waals surface area contributed by atoms with Crippen LogP contribution in [0.3, 0.4) is 0 Å². The number of carbonyl (C=O) groups excluding carboxylic acids is 1. The lowest BCUT2D eigenvalue weighted by Gasteiger charge is -2.34. The summed E-state index contributed by atoms with van der Waals surface area (Å²) in [7, 11) is 0. The number of piperidine rings is 1. The van der Waals surface area contributed by atoms with Gasteiger partial charge in [0.1, 0.15) is 0 Å². The Kier molecular flexibility index (Phi) is 4.60. The molecule has 0 aromatic rings. The van der Waals surface area contributed by atoms with Crippen molar-refractivity contribution in [1.29, 1.82) is 5.26 Å². The number of amides is 2. The van der Waals surface area contributed by atoms with Crippen molar-refractivity contribution in [3.63, 3.8) is 0 Å². The number of unbranched alkanes of at least 4 members (excludes halogenated alkanes) is 1. The molecule has 16 heavy (non-hydrogen) atoms. The van der Waals surface area contributed by atoms with Crippen molar-refractivity contribution in [2.45, 2.75) is 39.5 Å². The van der Waals surface area contributed by atoms with E-state index in [1.807, 2.05) is 11.8 Å². The number of nitriles is 1. The normalized spacial score (nSPS) is 18.9. The Morgan fingerprint density at radius 2 is 2.12 bits per heavy atom. The molecule has 0 aromatic heterocycles. The molecule has 90 valence electrons. The zero-order valence-corrected chi connectivity index (χ0v) is 10.3. The van der Waals surface area contributed by atoms with Gasteiger partial charge in [0.15, 0.2) is 0 Å². The standard InChI is InChI=1S/C12H21N3O/c1-3-4-7-14-11(16)15-8-5-12(2,10-13)6-9-15/h3-9H2,1-2H3,(H,14,16). The highest BCUT2D eigenvalue weighted by Crippen LogP contribution is 2.29. The lowest BCUT2D eigenvalue weighted by Crippen LogP contribution is -2.46. The van der Waals surface area contributed by atoms with E-state index < -0.39 is 0 Å². The first-order chi connectivity index (χ1) is 7.61. The van der Waals surface area contributed by atoms with E-state index >= 15 is 0 Å². The Morgan fingerprint density at radius 3 is 2.62 bits per heavy atom. The average Bonchev–Trinajstić information content (AvgIpc) is 2.30. The van der Waals surface area contributed by atoms with Crippen LogP contribution >= 0.6 is 0 Å². The van der Waals surface area contributed by atoms with Gasteiger partial charge in [-0.1, -0.05) is 13.3 Å². The lowest BCUT2D eigenvalue weighted by atomic mass is 9.82. The van der Waals surface area contributed by atoms with E-state index in [0.717, 1.165) is 32.2 Å². The summed E-state index contributed by atoms with van der Waals surface area (Å²) in [4.78, 5) is 13.5. The van der Waals surface area contributed by atoms with Crippen LogP contribution in [0, 0.1) is 16.7 Å². The first-order valence-electron chi connectivity index (χ1n) is 6.05. The van der Waals surface area contributed by atoms with Gasteiger partial charge in [0.05, 0.1) is 11.5 Å². The summed E-state index contributed by atoms with van der Waals surface area (Å²) in [5, 5.41) is 11.9. The molecule has 1 aliphatic heterocycles. The van der Waals surface area contributed by atoms with Gasteiger partial charge in [0, 0.05) is 19.6 Å². The van der Waals surface area contributed by atoms with Crippen LogP contribution in [0.25, 0.3) is 0 Å². The van der Waals surface area contributed by atoms with Crippen molar-refractivity contribution in [1.82, 2.24) is 10.2 Å². The maximum atomic E-state index is 11.7.